The van der Waals surface area contributed by atoms with Crippen LogP contribution in [0.2, 0.25) is 0 Å². The molecule has 1 aromatic carbocycles. The highest BCUT2D eigenvalue weighted by molar-refractivity contribution is 5.88. The maximum absolute atomic E-state index is 13.1. The van der Waals surface area contributed by atoms with Gasteiger partial charge in [-0.15, -0.1) is 0 Å². The molecule has 0 aliphatic carbocycles. The summed E-state index contributed by atoms with van der Waals surface area (Å²) in [5.74, 6) is 1.32. The normalized spacial score (nSPS) is 11.1. The molecule has 27 heavy (non-hydrogen) atoms. The zero-order valence-corrected chi connectivity index (χ0v) is 15.7. The van der Waals surface area contributed by atoms with Crippen LogP contribution in [0.15, 0.2) is 53.6 Å². The van der Waals surface area contributed by atoms with Crippen LogP contribution in [0.1, 0.15) is 17.0 Å². The van der Waals surface area contributed by atoms with Crippen molar-refractivity contribution in [1.82, 2.24) is 19.3 Å². The van der Waals surface area contributed by atoms with Crippen LogP contribution in [0.3, 0.4) is 0 Å². The average Bonchev–Trinajstić information content (AvgIpc) is 2.94. The zero-order chi connectivity index (χ0) is 19.1. The Labute approximate surface area is 156 Å². The van der Waals surface area contributed by atoms with E-state index in [1.54, 1.807) is 25.6 Å². The predicted octanol–water partition coefficient (Wildman–Crippen LogP) is 3.51. The largest absolute Gasteiger partial charge is 0.496 e. The monoisotopic (exact) mass is 360 g/mol. The number of pyridine rings is 1. The van der Waals surface area contributed by atoms with E-state index in [-0.39, 0.29) is 5.56 Å². The molecule has 0 bridgehead atoms. The van der Waals surface area contributed by atoms with Gasteiger partial charge in [-0.2, -0.15) is 9.78 Å². The fraction of sp³-hybridized carbons (Fsp3) is 0.190. The maximum atomic E-state index is 13.1. The molecule has 6 heteroatoms. The second-order valence-electron chi connectivity index (χ2n) is 6.50. The first-order chi connectivity index (χ1) is 13.0. The third-order valence-corrected chi connectivity index (χ3v) is 4.92. The summed E-state index contributed by atoms with van der Waals surface area (Å²) in [5, 5.41) is 5.82. The highest BCUT2D eigenvalue weighted by Gasteiger charge is 2.18. The van der Waals surface area contributed by atoms with Crippen LogP contribution in [-0.2, 0) is 0 Å². The third kappa shape index (κ3) is 2.61. The molecule has 4 rings (SSSR count). The number of aryl methyl sites for hydroxylation is 3. The Balaban J connectivity index is 2.00. The Kier molecular flexibility index (Phi) is 4.03. The van der Waals surface area contributed by atoms with Gasteiger partial charge >= 0.3 is 0 Å². The van der Waals surface area contributed by atoms with Crippen molar-refractivity contribution in [2.45, 2.75) is 20.8 Å². The Morgan fingerprint density at radius 1 is 1.04 bits per heavy atom. The van der Waals surface area contributed by atoms with Gasteiger partial charge < -0.3 is 9.30 Å². The molecule has 0 amide bonds. The van der Waals surface area contributed by atoms with Gasteiger partial charge in [-0.05, 0) is 44.5 Å². The van der Waals surface area contributed by atoms with E-state index in [0.29, 0.717) is 11.2 Å². The number of nitrogens with zero attached hydrogens (tertiary/aromatic N) is 4. The van der Waals surface area contributed by atoms with Gasteiger partial charge in [0.1, 0.15) is 5.75 Å². The van der Waals surface area contributed by atoms with Gasteiger partial charge in [0.05, 0.1) is 18.7 Å². The van der Waals surface area contributed by atoms with E-state index in [9.17, 15) is 4.79 Å². The van der Waals surface area contributed by atoms with Crippen LogP contribution in [-0.4, -0.2) is 26.4 Å². The summed E-state index contributed by atoms with van der Waals surface area (Å²) in [6.45, 7) is 5.95. The minimum absolute atomic E-state index is 0.176. The molecule has 136 valence electrons. The van der Waals surface area contributed by atoms with Crippen LogP contribution in [0.25, 0.3) is 22.3 Å². The average molecular weight is 360 g/mol. The Hall–Kier alpha value is -3.41. The lowest BCUT2D eigenvalue weighted by Gasteiger charge is -2.12. The Morgan fingerprint density at radius 3 is 2.56 bits per heavy atom. The van der Waals surface area contributed by atoms with Gasteiger partial charge in [0, 0.05) is 34.7 Å². The molecule has 0 saturated heterocycles. The number of hydrogen-bond donors (Lipinski definition) is 0. The van der Waals surface area contributed by atoms with Crippen LogP contribution in [0.5, 0.6) is 5.75 Å². The van der Waals surface area contributed by atoms with Crippen LogP contribution < -0.4 is 10.3 Å². The smallest absolute Gasteiger partial charge is 0.282 e. The van der Waals surface area contributed by atoms with E-state index < -0.39 is 0 Å². The molecule has 0 atom stereocenters. The van der Waals surface area contributed by atoms with Gasteiger partial charge in [-0.3, -0.25) is 4.79 Å². The van der Waals surface area contributed by atoms with Crippen molar-refractivity contribution in [1.29, 1.82) is 0 Å². The quantitative estimate of drug-likeness (QED) is 0.561. The van der Waals surface area contributed by atoms with Crippen molar-refractivity contribution in [3.63, 3.8) is 0 Å². The fourth-order valence-corrected chi connectivity index (χ4v) is 3.54. The van der Waals surface area contributed by atoms with E-state index in [1.165, 1.54) is 4.68 Å². The summed E-state index contributed by atoms with van der Waals surface area (Å²) < 4.78 is 8.87. The SMILES string of the molecule is COc1cc(-n2c(C)c3cnn(-c4ccccn4)c(=O)c3c2C)ccc1C. The Morgan fingerprint density at radius 2 is 1.85 bits per heavy atom. The maximum Gasteiger partial charge on any atom is 0.282 e. The molecule has 0 saturated carbocycles. The van der Waals surface area contributed by atoms with Crippen LogP contribution in [0.4, 0.5) is 0 Å². The van der Waals surface area contributed by atoms with E-state index in [0.717, 1.165) is 33.8 Å². The molecule has 0 spiro atoms. The number of aromatic nitrogens is 4. The van der Waals surface area contributed by atoms with E-state index in [2.05, 4.69) is 14.6 Å². The summed E-state index contributed by atoms with van der Waals surface area (Å²) in [4.78, 5) is 17.4. The lowest BCUT2D eigenvalue weighted by Crippen LogP contribution is -2.21. The van der Waals surface area contributed by atoms with E-state index in [1.807, 2.05) is 51.1 Å². The van der Waals surface area contributed by atoms with Gasteiger partial charge in [-0.25, -0.2) is 4.98 Å². The van der Waals surface area contributed by atoms with Gasteiger partial charge in [0.15, 0.2) is 5.82 Å². The summed E-state index contributed by atoms with van der Waals surface area (Å²) in [6, 6.07) is 11.4. The highest BCUT2D eigenvalue weighted by Crippen LogP contribution is 2.29. The number of benzene rings is 1. The third-order valence-electron chi connectivity index (χ3n) is 4.92. The summed E-state index contributed by atoms with van der Waals surface area (Å²) in [5.41, 5.74) is 3.67. The van der Waals surface area contributed by atoms with E-state index in [4.69, 9.17) is 4.74 Å². The van der Waals surface area contributed by atoms with Crippen molar-refractivity contribution in [2.24, 2.45) is 0 Å². The summed E-state index contributed by atoms with van der Waals surface area (Å²) in [7, 11) is 1.66. The molecule has 4 aromatic rings. The first kappa shape index (κ1) is 17.0. The molecule has 0 radical (unpaired) electrons. The molecule has 6 nitrogen and oxygen atoms in total. The van der Waals surface area contributed by atoms with Gasteiger partial charge in [0.2, 0.25) is 0 Å². The molecular formula is C21H20N4O2. The van der Waals surface area contributed by atoms with E-state index >= 15 is 0 Å². The number of fused-ring (bicyclic) bond motifs is 1. The second-order valence-corrected chi connectivity index (χ2v) is 6.50. The number of ether oxygens (including phenoxy) is 1. The first-order valence-corrected chi connectivity index (χ1v) is 8.69. The van der Waals surface area contributed by atoms with Crippen molar-refractivity contribution in [3.05, 3.63) is 76.1 Å². The van der Waals surface area contributed by atoms with Crippen LogP contribution >= 0.6 is 0 Å². The molecule has 0 unspecified atom stereocenters. The fourth-order valence-electron chi connectivity index (χ4n) is 3.54. The van der Waals surface area contributed by atoms with Crippen molar-refractivity contribution >= 4 is 10.8 Å². The molecule has 0 aliphatic rings. The van der Waals surface area contributed by atoms with Gasteiger partial charge in [0.25, 0.3) is 5.56 Å². The minimum atomic E-state index is -0.176. The lowest BCUT2D eigenvalue weighted by atomic mass is 10.2. The molecule has 3 aromatic heterocycles. The molecule has 0 aliphatic heterocycles. The summed E-state index contributed by atoms with van der Waals surface area (Å²) in [6.07, 6.45) is 3.38. The number of hydrogen-bond acceptors (Lipinski definition) is 4. The van der Waals surface area contributed by atoms with Crippen molar-refractivity contribution < 1.29 is 4.74 Å². The first-order valence-electron chi connectivity index (χ1n) is 8.69. The van der Waals surface area contributed by atoms with Gasteiger partial charge in [-0.1, -0.05) is 12.1 Å². The standard InChI is InChI=1S/C21H20N4O2/c1-13-8-9-16(11-18(13)27-4)24-14(2)17-12-23-25(19-7-5-6-10-22-19)21(26)20(17)15(24)3/h5-12H,1-4H3. The number of methoxy groups -OCH3 is 1. The second kappa shape index (κ2) is 6.39. The molecule has 0 fully saturated rings. The van der Waals surface area contributed by atoms with Crippen molar-refractivity contribution in [2.75, 3.05) is 7.11 Å². The molecule has 0 N–H and O–H groups in total. The minimum Gasteiger partial charge on any atom is -0.496 e. The summed E-state index contributed by atoms with van der Waals surface area (Å²) >= 11 is 0. The predicted molar refractivity (Wildman–Crippen MR) is 105 cm³/mol. The molecular weight excluding hydrogens is 340 g/mol. The van der Waals surface area contributed by atoms with Crippen LogP contribution in [0, 0.1) is 20.8 Å². The topological polar surface area (TPSA) is 61.9 Å². The highest BCUT2D eigenvalue weighted by atomic mass is 16.5. The Bertz CT molecular complexity index is 1210. The number of rotatable bonds is 3. The van der Waals surface area contributed by atoms with Crippen molar-refractivity contribution in [3.8, 4) is 17.3 Å². The lowest BCUT2D eigenvalue weighted by molar-refractivity contribution is 0.411. The molecule has 3 heterocycles. The zero-order valence-electron chi connectivity index (χ0n) is 15.7.